The average molecular weight is 575 g/mol. The highest BCUT2D eigenvalue weighted by Gasteiger charge is 2.25. The number of hydrogen-bond donors (Lipinski definition) is 0. The second kappa shape index (κ2) is 12.4. The number of ether oxygens (including phenoxy) is 6. The maximum Gasteiger partial charge on any atom is 0.188 e. The van der Waals surface area contributed by atoms with Crippen LogP contribution >= 0.6 is 0 Å². The summed E-state index contributed by atoms with van der Waals surface area (Å²) in [7, 11) is 0. The van der Waals surface area contributed by atoms with Crippen molar-refractivity contribution < 1.29 is 28.4 Å². The van der Waals surface area contributed by atoms with E-state index in [2.05, 4.69) is 0 Å². The van der Waals surface area contributed by atoms with Gasteiger partial charge in [0.1, 0.15) is 26.4 Å². The molecule has 42 heavy (non-hydrogen) atoms. The average Bonchev–Trinajstić information content (AvgIpc) is 3.66. The van der Waals surface area contributed by atoms with E-state index in [4.69, 9.17) is 48.6 Å². The third-order valence-electron chi connectivity index (χ3n) is 7.47. The first kappa shape index (κ1) is 26.7. The van der Waals surface area contributed by atoms with Gasteiger partial charge in [0.2, 0.25) is 0 Å². The van der Waals surface area contributed by atoms with Crippen molar-refractivity contribution >= 4 is 0 Å². The Labute approximate surface area is 243 Å². The summed E-state index contributed by atoms with van der Waals surface area (Å²) in [6, 6.07) is 15.1. The smallest absolute Gasteiger partial charge is 0.188 e. The van der Waals surface area contributed by atoms with Gasteiger partial charge in [0.25, 0.3) is 0 Å². The molecular formula is C30H34N6O6. The molecule has 0 saturated carbocycles. The fourth-order valence-electron chi connectivity index (χ4n) is 5.37. The van der Waals surface area contributed by atoms with Crippen molar-refractivity contribution in [3.05, 3.63) is 71.8 Å². The van der Waals surface area contributed by atoms with Gasteiger partial charge in [-0.05, 0) is 62.8 Å². The lowest BCUT2D eigenvalue weighted by Crippen LogP contribution is -2.22. The lowest BCUT2D eigenvalue weighted by atomic mass is 10.2. The van der Waals surface area contributed by atoms with E-state index in [0.29, 0.717) is 59.5 Å². The predicted octanol–water partition coefficient (Wildman–Crippen LogP) is 4.90. The van der Waals surface area contributed by atoms with Crippen molar-refractivity contribution in [2.45, 2.75) is 77.4 Å². The molecule has 2 atom stereocenters. The van der Waals surface area contributed by atoms with Gasteiger partial charge < -0.3 is 28.4 Å². The third-order valence-corrected chi connectivity index (χ3v) is 7.47. The normalized spacial score (nSPS) is 21.2. The molecule has 0 N–H and O–H groups in total. The molecule has 2 saturated heterocycles. The predicted molar refractivity (Wildman–Crippen MR) is 148 cm³/mol. The monoisotopic (exact) mass is 574 g/mol. The lowest BCUT2D eigenvalue weighted by Gasteiger charge is -2.24. The maximum absolute atomic E-state index is 6.24. The minimum atomic E-state index is -0.196. The molecule has 12 heteroatoms. The molecule has 3 aliphatic heterocycles. The summed E-state index contributed by atoms with van der Waals surface area (Å²) in [5, 5.41) is 9.53. The van der Waals surface area contributed by atoms with E-state index in [-0.39, 0.29) is 38.9 Å². The molecule has 2 aromatic heterocycles. The molecule has 0 radical (unpaired) electrons. The third kappa shape index (κ3) is 5.90. The van der Waals surface area contributed by atoms with E-state index in [1.807, 2.05) is 57.9 Å². The number of hydrogen-bond acceptors (Lipinski definition) is 10. The number of para-hydroxylation sites is 4. The van der Waals surface area contributed by atoms with Gasteiger partial charge in [-0.15, -0.1) is 10.2 Å². The van der Waals surface area contributed by atoms with Crippen LogP contribution in [0.25, 0.3) is 0 Å². The minimum absolute atomic E-state index is 0.156. The lowest BCUT2D eigenvalue weighted by molar-refractivity contribution is -0.0430. The van der Waals surface area contributed by atoms with Gasteiger partial charge in [-0.2, -0.15) is 0 Å². The maximum atomic E-state index is 6.24. The van der Waals surface area contributed by atoms with Crippen LogP contribution < -0.4 is 18.9 Å². The van der Waals surface area contributed by atoms with Crippen molar-refractivity contribution in [3.63, 3.8) is 0 Å². The molecule has 0 spiro atoms. The van der Waals surface area contributed by atoms with Crippen molar-refractivity contribution in [2.24, 2.45) is 0 Å². The van der Waals surface area contributed by atoms with Gasteiger partial charge in [0.15, 0.2) is 58.8 Å². The van der Waals surface area contributed by atoms with Crippen LogP contribution in [0, 0.1) is 0 Å². The SMILES string of the molecule is c1ccc2c(c1)OCc1nc(n(C3CCCCO3)n1)COc1ccccc1OCc1nc(n(C3CCCCO3)n1)CO2. The molecule has 7 rings (SSSR count). The number of rotatable bonds is 2. The summed E-state index contributed by atoms with van der Waals surface area (Å²) in [6.07, 6.45) is 5.54. The van der Waals surface area contributed by atoms with Crippen molar-refractivity contribution in [3.8, 4) is 23.0 Å². The topological polar surface area (TPSA) is 117 Å². The molecule has 0 aliphatic carbocycles. The fraction of sp³-hybridized carbons (Fsp3) is 0.467. The Bertz CT molecular complexity index is 1380. The first-order valence-corrected chi connectivity index (χ1v) is 14.6. The largest absolute Gasteiger partial charge is 0.482 e. The Morgan fingerprint density at radius 3 is 1.31 bits per heavy atom. The molecule has 2 aromatic carbocycles. The van der Waals surface area contributed by atoms with Gasteiger partial charge in [0, 0.05) is 13.2 Å². The van der Waals surface area contributed by atoms with Crippen molar-refractivity contribution in [1.29, 1.82) is 0 Å². The highest BCUT2D eigenvalue weighted by atomic mass is 16.5. The van der Waals surface area contributed by atoms with Gasteiger partial charge >= 0.3 is 0 Å². The number of fused-ring (bicyclic) bond motifs is 6. The van der Waals surface area contributed by atoms with Crippen LogP contribution in [0.15, 0.2) is 48.5 Å². The van der Waals surface area contributed by atoms with Gasteiger partial charge in [-0.25, -0.2) is 19.3 Å². The van der Waals surface area contributed by atoms with Crippen LogP contribution in [0.1, 0.15) is 74.3 Å². The Morgan fingerprint density at radius 1 is 0.524 bits per heavy atom. The Morgan fingerprint density at radius 2 is 0.929 bits per heavy atom. The van der Waals surface area contributed by atoms with E-state index in [9.17, 15) is 0 Å². The van der Waals surface area contributed by atoms with E-state index < -0.39 is 0 Å². The zero-order valence-electron chi connectivity index (χ0n) is 23.4. The number of nitrogens with zero attached hydrogens (tertiary/aromatic N) is 6. The summed E-state index contributed by atoms with van der Waals surface area (Å²) in [6.45, 7) is 2.06. The second-order valence-electron chi connectivity index (χ2n) is 10.5. The molecule has 4 bridgehead atoms. The summed E-state index contributed by atoms with van der Waals surface area (Å²) in [5.41, 5.74) is 0. The summed E-state index contributed by atoms with van der Waals surface area (Å²) < 4.78 is 40.5. The Hall–Kier alpha value is -4.16. The first-order chi connectivity index (χ1) is 20.8. The Balaban J connectivity index is 1.22. The van der Waals surface area contributed by atoms with Crippen LogP contribution in [0.4, 0.5) is 0 Å². The van der Waals surface area contributed by atoms with E-state index >= 15 is 0 Å². The Kier molecular flexibility index (Phi) is 7.87. The van der Waals surface area contributed by atoms with Crippen LogP contribution in [0.5, 0.6) is 23.0 Å². The molecular weight excluding hydrogens is 540 g/mol. The summed E-state index contributed by atoms with van der Waals surface area (Å²) >= 11 is 0. The second-order valence-corrected chi connectivity index (χ2v) is 10.5. The van der Waals surface area contributed by atoms with Gasteiger partial charge in [-0.3, -0.25) is 0 Å². The highest BCUT2D eigenvalue weighted by molar-refractivity contribution is 5.40. The van der Waals surface area contributed by atoms with Gasteiger partial charge in [0.05, 0.1) is 0 Å². The fourth-order valence-corrected chi connectivity index (χ4v) is 5.37. The standard InChI is InChI=1S/C30H34N6O6/c1-3-11-23-21(9-1)39-17-25-31-28(36(33-25)30-14-6-8-16-38-30)20-42-24-12-4-2-10-22(24)40-18-26-32-27(19-41-23)35(34-26)29-13-5-7-15-37-29/h1-4,9-12,29-30H,5-8,13-20H2. The molecule has 4 aromatic rings. The zero-order valence-corrected chi connectivity index (χ0v) is 23.4. The molecule has 3 aliphatic rings. The molecule has 0 amide bonds. The summed E-state index contributed by atoms with van der Waals surface area (Å²) in [4.78, 5) is 9.54. The van der Waals surface area contributed by atoms with Crippen LogP contribution in [0.2, 0.25) is 0 Å². The number of aromatic nitrogens is 6. The molecule has 12 nitrogen and oxygen atoms in total. The summed E-state index contributed by atoms with van der Waals surface area (Å²) in [5.74, 6) is 4.70. The van der Waals surface area contributed by atoms with Crippen molar-refractivity contribution in [1.82, 2.24) is 29.5 Å². The van der Waals surface area contributed by atoms with Gasteiger partial charge in [-0.1, -0.05) is 24.3 Å². The minimum Gasteiger partial charge on any atom is -0.482 e. The van der Waals surface area contributed by atoms with Crippen LogP contribution in [-0.2, 0) is 35.9 Å². The molecule has 2 fully saturated rings. The molecule has 5 heterocycles. The first-order valence-electron chi connectivity index (χ1n) is 14.6. The molecule has 2 unspecified atom stereocenters. The quantitative estimate of drug-likeness (QED) is 0.327. The highest BCUT2D eigenvalue weighted by Crippen LogP contribution is 2.32. The van der Waals surface area contributed by atoms with E-state index in [1.165, 1.54) is 0 Å². The van der Waals surface area contributed by atoms with E-state index in [0.717, 1.165) is 38.5 Å². The molecule has 220 valence electrons. The van der Waals surface area contributed by atoms with E-state index in [1.54, 1.807) is 0 Å². The van der Waals surface area contributed by atoms with Crippen LogP contribution in [-0.4, -0.2) is 42.7 Å². The zero-order chi connectivity index (χ0) is 28.1. The number of benzene rings is 2. The van der Waals surface area contributed by atoms with Crippen LogP contribution in [0.3, 0.4) is 0 Å². The van der Waals surface area contributed by atoms with Crippen molar-refractivity contribution in [2.75, 3.05) is 13.2 Å².